The van der Waals surface area contributed by atoms with Crippen LogP contribution < -0.4 is 11.1 Å². The van der Waals surface area contributed by atoms with Crippen LogP contribution in [0, 0.1) is 6.92 Å². The maximum atomic E-state index is 12.8. The number of nitrogens with one attached hydrogen (secondary N) is 1. The summed E-state index contributed by atoms with van der Waals surface area (Å²) < 4.78 is 25.6. The average molecular weight is 263 g/mol. The minimum atomic E-state index is -3.09. The van der Waals surface area contributed by atoms with Crippen molar-refractivity contribution in [2.45, 2.75) is 12.8 Å². The number of rotatable bonds is 4. The summed E-state index contributed by atoms with van der Waals surface area (Å²) in [6, 6.07) is 4.61. The Morgan fingerprint density at radius 1 is 1.53 bits per heavy atom. The molecule has 0 aliphatic heterocycles. The van der Waals surface area contributed by atoms with Gasteiger partial charge in [0.05, 0.1) is 13.1 Å². The molecule has 0 aliphatic carbocycles. The lowest BCUT2D eigenvalue weighted by molar-refractivity contribution is 0.0118. The van der Waals surface area contributed by atoms with Crippen molar-refractivity contribution in [1.82, 2.24) is 5.32 Å². The number of hydrogen-bond donors (Lipinski definition) is 2. The largest absolute Gasteiger partial charge is 0.346 e. The Bertz CT molecular complexity index is 424. The Hall–Kier alpha value is -1.20. The van der Waals surface area contributed by atoms with E-state index in [1.54, 1.807) is 13.0 Å². The van der Waals surface area contributed by atoms with Crippen molar-refractivity contribution in [2.75, 3.05) is 13.1 Å². The van der Waals surface area contributed by atoms with Gasteiger partial charge in [0.15, 0.2) is 0 Å². The van der Waals surface area contributed by atoms with Gasteiger partial charge in [0, 0.05) is 10.6 Å². The van der Waals surface area contributed by atoms with Gasteiger partial charge in [0.1, 0.15) is 0 Å². The third-order valence-electron chi connectivity index (χ3n) is 2.24. The Morgan fingerprint density at radius 3 is 2.71 bits per heavy atom. The average Bonchev–Trinajstić information content (AvgIpc) is 2.30. The Balaban J connectivity index is 2.68. The van der Waals surface area contributed by atoms with Crippen LogP contribution in [-0.2, 0) is 0 Å². The van der Waals surface area contributed by atoms with Crippen LogP contribution >= 0.6 is 11.6 Å². The molecule has 0 bridgehead atoms. The Labute approximate surface area is 103 Å². The molecule has 94 valence electrons. The first-order chi connectivity index (χ1) is 7.85. The number of aryl methyl sites for hydroxylation is 1. The van der Waals surface area contributed by atoms with Gasteiger partial charge in [-0.1, -0.05) is 17.7 Å². The van der Waals surface area contributed by atoms with Gasteiger partial charge in [0.25, 0.3) is 11.8 Å². The number of benzene rings is 1. The molecule has 0 heterocycles. The van der Waals surface area contributed by atoms with E-state index in [1.165, 1.54) is 12.1 Å². The van der Waals surface area contributed by atoms with E-state index < -0.39 is 24.9 Å². The Morgan fingerprint density at radius 2 is 2.18 bits per heavy atom. The third kappa shape index (κ3) is 3.94. The van der Waals surface area contributed by atoms with Gasteiger partial charge in [-0.2, -0.15) is 0 Å². The monoisotopic (exact) mass is 262 g/mol. The molecule has 3 N–H and O–H groups in total. The topological polar surface area (TPSA) is 55.1 Å². The molecule has 1 aromatic carbocycles. The number of amides is 1. The molecule has 0 aliphatic rings. The molecule has 0 atom stereocenters. The predicted octanol–water partition coefficient (Wildman–Crippen LogP) is 1.97. The lowest BCUT2D eigenvalue weighted by Crippen LogP contribution is -2.41. The highest BCUT2D eigenvalue weighted by Gasteiger charge is 2.27. The summed E-state index contributed by atoms with van der Waals surface area (Å²) in [5, 5.41) is 2.53. The zero-order valence-corrected chi connectivity index (χ0v) is 10.0. The highest BCUT2D eigenvalue weighted by atomic mass is 35.5. The Kier molecular flexibility index (Phi) is 4.42. The first kappa shape index (κ1) is 13.9. The second-order valence-electron chi connectivity index (χ2n) is 3.71. The fourth-order valence-electron chi connectivity index (χ4n) is 1.12. The molecular weight excluding hydrogens is 250 g/mol. The number of alkyl halides is 2. The molecule has 0 saturated heterocycles. The van der Waals surface area contributed by atoms with E-state index >= 15 is 0 Å². The summed E-state index contributed by atoms with van der Waals surface area (Å²) in [4.78, 5) is 11.5. The van der Waals surface area contributed by atoms with Crippen LogP contribution in [0.1, 0.15) is 15.9 Å². The predicted molar refractivity (Wildman–Crippen MR) is 62.5 cm³/mol. The summed E-state index contributed by atoms with van der Waals surface area (Å²) in [6.07, 6.45) is 0. The van der Waals surface area contributed by atoms with E-state index in [0.717, 1.165) is 5.56 Å². The van der Waals surface area contributed by atoms with Crippen LogP contribution in [0.15, 0.2) is 18.2 Å². The summed E-state index contributed by atoms with van der Waals surface area (Å²) in [5.41, 5.74) is 5.91. The number of carbonyl (C=O) groups excluding carboxylic acids is 1. The van der Waals surface area contributed by atoms with Gasteiger partial charge in [0.2, 0.25) is 0 Å². The molecule has 0 saturated carbocycles. The van der Waals surface area contributed by atoms with Gasteiger partial charge < -0.3 is 11.1 Å². The number of carbonyl (C=O) groups is 1. The van der Waals surface area contributed by atoms with Crippen molar-refractivity contribution >= 4 is 17.5 Å². The summed E-state index contributed by atoms with van der Waals surface area (Å²) >= 11 is 5.83. The van der Waals surface area contributed by atoms with E-state index in [2.05, 4.69) is 5.32 Å². The molecule has 0 radical (unpaired) electrons. The molecule has 17 heavy (non-hydrogen) atoms. The second-order valence-corrected chi connectivity index (χ2v) is 4.11. The first-order valence-electron chi connectivity index (χ1n) is 4.98. The molecule has 0 unspecified atom stereocenters. The standard InChI is InChI=1S/C11H13ClF2N2O/c1-7-2-3-8(4-9(7)12)10(17)16-6-11(13,14)5-15/h2-4H,5-6,15H2,1H3,(H,16,17). The van der Waals surface area contributed by atoms with E-state index in [9.17, 15) is 13.6 Å². The van der Waals surface area contributed by atoms with E-state index in [-0.39, 0.29) is 5.56 Å². The van der Waals surface area contributed by atoms with E-state index in [0.29, 0.717) is 5.02 Å². The van der Waals surface area contributed by atoms with Crippen LogP contribution in [0.25, 0.3) is 0 Å². The smallest absolute Gasteiger partial charge is 0.277 e. The fourth-order valence-corrected chi connectivity index (χ4v) is 1.30. The molecule has 3 nitrogen and oxygen atoms in total. The van der Waals surface area contributed by atoms with Crippen molar-refractivity contribution in [3.05, 3.63) is 34.3 Å². The number of halogens is 3. The molecular formula is C11H13ClF2N2O. The molecule has 1 amide bonds. The van der Waals surface area contributed by atoms with Crippen LogP contribution in [0.5, 0.6) is 0 Å². The normalized spacial score (nSPS) is 11.4. The molecule has 0 fully saturated rings. The summed E-state index contributed by atoms with van der Waals surface area (Å²) in [6.45, 7) is 0.197. The van der Waals surface area contributed by atoms with Crippen molar-refractivity contribution in [1.29, 1.82) is 0 Å². The lowest BCUT2D eigenvalue weighted by Gasteiger charge is -2.14. The van der Waals surface area contributed by atoms with Gasteiger partial charge >= 0.3 is 0 Å². The highest BCUT2D eigenvalue weighted by Crippen LogP contribution is 2.17. The summed E-state index contributed by atoms with van der Waals surface area (Å²) in [5.74, 6) is -3.69. The van der Waals surface area contributed by atoms with Crippen LogP contribution in [0.3, 0.4) is 0 Å². The zero-order chi connectivity index (χ0) is 13.1. The summed E-state index contributed by atoms with van der Waals surface area (Å²) in [7, 11) is 0. The minimum Gasteiger partial charge on any atom is -0.346 e. The molecule has 0 spiro atoms. The van der Waals surface area contributed by atoms with Crippen molar-refractivity contribution in [2.24, 2.45) is 5.73 Å². The highest BCUT2D eigenvalue weighted by molar-refractivity contribution is 6.31. The van der Waals surface area contributed by atoms with Gasteiger partial charge in [-0.15, -0.1) is 0 Å². The van der Waals surface area contributed by atoms with Crippen molar-refractivity contribution in [3.8, 4) is 0 Å². The van der Waals surface area contributed by atoms with E-state index in [4.69, 9.17) is 17.3 Å². The molecule has 1 aromatic rings. The second kappa shape index (κ2) is 5.42. The minimum absolute atomic E-state index is 0.244. The van der Waals surface area contributed by atoms with Gasteiger partial charge in [-0.25, -0.2) is 8.78 Å². The maximum Gasteiger partial charge on any atom is 0.277 e. The quantitative estimate of drug-likeness (QED) is 0.872. The number of hydrogen-bond acceptors (Lipinski definition) is 2. The van der Waals surface area contributed by atoms with Crippen molar-refractivity contribution in [3.63, 3.8) is 0 Å². The zero-order valence-electron chi connectivity index (χ0n) is 9.27. The van der Waals surface area contributed by atoms with Gasteiger partial charge in [-0.05, 0) is 24.6 Å². The molecule has 6 heteroatoms. The van der Waals surface area contributed by atoms with Crippen molar-refractivity contribution < 1.29 is 13.6 Å². The van der Waals surface area contributed by atoms with Gasteiger partial charge in [-0.3, -0.25) is 4.79 Å². The lowest BCUT2D eigenvalue weighted by atomic mass is 10.1. The number of nitrogens with two attached hydrogens (primary N) is 1. The third-order valence-corrected chi connectivity index (χ3v) is 2.65. The fraction of sp³-hybridized carbons (Fsp3) is 0.364. The van der Waals surface area contributed by atoms with Crippen LogP contribution in [0.4, 0.5) is 8.78 Å². The van der Waals surface area contributed by atoms with Crippen LogP contribution in [-0.4, -0.2) is 24.9 Å². The van der Waals surface area contributed by atoms with E-state index in [1.807, 2.05) is 0 Å². The first-order valence-corrected chi connectivity index (χ1v) is 5.36. The molecule has 1 rings (SSSR count). The SMILES string of the molecule is Cc1ccc(C(=O)NCC(F)(F)CN)cc1Cl. The van der Waals surface area contributed by atoms with Crippen LogP contribution in [0.2, 0.25) is 5.02 Å². The maximum absolute atomic E-state index is 12.8. The molecule has 0 aromatic heterocycles.